The van der Waals surface area contributed by atoms with Gasteiger partial charge in [-0.15, -0.1) is 0 Å². The van der Waals surface area contributed by atoms with Crippen molar-refractivity contribution in [3.63, 3.8) is 0 Å². The molecule has 10 heteroatoms. The van der Waals surface area contributed by atoms with Crippen molar-refractivity contribution in [2.75, 3.05) is 11.5 Å². The van der Waals surface area contributed by atoms with Crippen molar-refractivity contribution in [3.8, 4) is 5.75 Å². The third-order valence-electron chi connectivity index (χ3n) is 9.18. The second-order valence-corrected chi connectivity index (χ2v) is 17.4. The Hall–Kier alpha value is -3.63. The molecule has 236 valence electrons. The van der Waals surface area contributed by atoms with Crippen molar-refractivity contribution < 1.29 is 28.0 Å². The second-order valence-electron chi connectivity index (χ2n) is 12.9. The normalized spacial score (nSPS) is 17.7. The lowest BCUT2D eigenvalue weighted by Gasteiger charge is -2.48. The highest BCUT2D eigenvalue weighted by atomic mass is 28.4. The van der Waals surface area contributed by atoms with Crippen molar-refractivity contribution in [3.05, 3.63) is 99.6 Å². The summed E-state index contributed by atoms with van der Waals surface area (Å²) < 4.78 is 33.7. The maximum Gasteiger partial charge on any atom is 0.273 e. The standard InChI is InChI=1S/C34H42F2N2O5Si/c1-6-7-20-43-31-21-28(38(40)41)17-19-29(31)32-30(33(39)37(32)27-15-13-26(36)14-16-27)18-10-24(22-34(2,3)44(4,5)42)23-8-11-25(35)12-9-23/h8-9,11-17,19,21,24,30,32,42H,6-7,10,18,20,22H2,1-5H3/t24-,30?,32-/m1/s1. The molecule has 1 aliphatic heterocycles. The number of hydrogen-bond donors (Lipinski definition) is 1. The van der Waals surface area contributed by atoms with E-state index in [1.54, 1.807) is 35.2 Å². The molecule has 0 aliphatic carbocycles. The van der Waals surface area contributed by atoms with Crippen LogP contribution >= 0.6 is 0 Å². The molecule has 7 nitrogen and oxygen atoms in total. The number of non-ortho nitro benzene ring substituents is 1. The summed E-state index contributed by atoms with van der Waals surface area (Å²) in [5.74, 6) is -1.05. The Morgan fingerprint density at radius 3 is 2.23 bits per heavy atom. The van der Waals surface area contributed by atoms with E-state index in [0.717, 1.165) is 18.4 Å². The fourth-order valence-corrected chi connectivity index (χ4v) is 6.52. The number of halogens is 2. The maximum absolute atomic E-state index is 13.8. The van der Waals surface area contributed by atoms with Gasteiger partial charge in [-0.1, -0.05) is 39.3 Å². The lowest BCUT2D eigenvalue weighted by Crippen LogP contribution is -2.55. The van der Waals surface area contributed by atoms with Gasteiger partial charge in [0.05, 0.1) is 29.6 Å². The highest BCUT2D eigenvalue weighted by molar-refractivity contribution is 6.72. The predicted molar refractivity (Wildman–Crippen MR) is 170 cm³/mol. The summed E-state index contributed by atoms with van der Waals surface area (Å²) in [6, 6.07) is 16.1. The van der Waals surface area contributed by atoms with Gasteiger partial charge < -0.3 is 14.4 Å². The number of carbonyl (C=O) groups excluding carboxylic acids is 1. The molecule has 0 aromatic heterocycles. The van der Waals surface area contributed by atoms with E-state index in [2.05, 4.69) is 13.8 Å². The molecule has 0 radical (unpaired) electrons. The molecule has 3 aromatic rings. The zero-order valence-corrected chi connectivity index (χ0v) is 27.1. The molecule has 1 fully saturated rings. The molecule has 44 heavy (non-hydrogen) atoms. The number of carbonyl (C=O) groups is 1. The highest BCUT2D eigenvalue weighted by Crippen LogP contribution is 2.51. The quantitative estimate of drug-likeness (QED) is 0.0637. The number of amides is 1. The fourth-order valence-electron chi connectivity index (χ4n) is 5.78. The molecule has 0 spiro atoms. The third-order valence-corrected chi connectivity index (χ3v) is 12.7. The Bertz CT molecular complexity index is 1460. The predicted octanol–water partition coefficient (Wildman–Crippen LogP) is 8.69. The number of anilines is 1. The van der Waals surface area contributed by atoms with Crippen LogP contribution in [0.3, 0.4) is 0 Å². The van der Waals surface area contributed by atoms with E-state index in [1.807, 2.05) is 20.0 Å². The van der Waals surface area contributed by atoms with Crippen molar-refractivity contribution in [1.29, 1.82) is 0 Å². The Kier molecular flexibility index (Phi) is 10.3. The molecule has 3 atom stereocenters. The smallest absolute Gasteiger partial charge is 0.273 e. The third kappa shape index (κ3) is 7.35. The van der Waals surface area contributed by atoms with E-state index in [1.165, 1.54) is 36.4 Å². The minimum absolute atomic E-state index is 0.0463. The molecule has 1 amide bonds. The van der Waals surface area contributed by atoms with E-state index in [9.17, 15) is 28.5 Å². The fraction of sp³-hybridized carbons (Fsp3) is 0.441. The lowest BCUT2D eigenvalue weighted by molar-refractivity contribution is -0.385. The minimum atomic E-state index is -2.57. The van der Waals surface area contributed by atoms with Crippen LogP contribution in [0.15, 0.2) is 66.7 Å². The first kappa shape index (κ1) is 33.3. The number of β-lactam (4-membered cyclic amide) rings is 1. The van der Waals surface area contributed by atoms with E-state index in [0.29, 0.717) is 42.9 Å². The summed E-state index contributed by atoms with van der Waals surface area (Å²) in [6.45, 7) is 10.3. The van der Waals surface area contributed by atoms with Crippen molar-refractivity contribution in [1.82, 2.24) is 0 Å². The van der Waals surface area contributed by atoms with Crippen molar-refractivity contribution in [2.45, 2.75) is 83.0 Å². The molecule has 1 N–H and O–H groups in total. The van der Waals surface area contributed by atoms with Gasteiger partial charge in [0.1, 0.15) is 17.4 Å². The molecule has 1 saturated heterocycles. The van der Waals surface area contributed by atoms with Gasteiger partial charge in [-0.3, -0.25) is 14.9 Å². The van der Waals surface area contributed by atoms with Crippen LogP contribution < -0.4 is 9.64 Å². The van der Waals surface area contributed by atoms with Crippen molar-refractivity contribution in [2.24, 2.45) is 5.92 Å². The Balaban J connectivity index is 1.71. The molecule has 1 aliphatic rings. The number of ether oxygens (including phenoxy) is 1. The van der Waals surface area contributed by atoms with Gasteiger partial charge in [-0.2, -0.15) is 0 Å². The number of nitro benzene ring substituents is 1. The minimum Gasteiger partial charge on any atom is -0.493 e. The summed E-state index contributed by atoms with van der Waals surface area (Å²) in [6.07, 6.45) is 3.38. The largest absolute Gasteiger partial charge is 0.493 e. The molecular weight excluding hydrogens is 582 g/mol. The van der Waals surface area contributed by atoms with Crippen LogP contribution in [-0.2, 0) is 4.79 Å². The van der Waals surface area contributed by atoms with Crippen LogP contribution in [-0.4, -0.2) is 30.6 Å². The van der Waals surface area contributed by atoms with E-state index in [4.69, 9.17) is 4.74 Å². The molecule has 1 unspecified atom stereocenters. The maximum atomic E-state index is 13.8. The topological polar surface area (TPSA) is 92.9 Å². The van der Waals surface area contributed by atoms with Crippen molar-refractivity contribution >= 4 is 25.6 Å². The molecule has 1 heterocycles. The van der Waals surface area contributed by atoms with Gasteiger partial charge in [0.15, 0.2) is 8.32 Å². The number of benzene rings is 3. The Morgan fingerprint density at radius 1 is 1.05 bits per heavy atom. The van der Waals surface area contributed by atoms with Gasteiger partial charge in [-0.05, 0) is 97.8 Å². The van der Waals surface area contributed by atoms with E-state index < -0.39 is 31.0 Å². The summed E-state index contributed by atoms with van der Waals surface area (Å²) in [4.78, 5) is 37.6. The Morgan fingerprint density at radius 2 is 1.66 bits per heavy atom. The van der Waals surface area contributed by atoms with Crippen LogP contribution in [0, 0.1) is 27.7 Å². The molecular formula is C34H42F2N2O5Si. The average Bonchev–Trinajstić information content (AvgIpc) is 2.96. The molecule has 4 rings (SSSR count). The SMILES string of the molecule is CCCCOc1cc([N+](=O)[O-])ccc1[C@@H]1C(CC[C@H](CC(C)(C)[Si](C)(C)O)c2ccc(F)cc2)C(=O)N1c1ccc(F)cc1. The zero-order valence-electron chi connectivity index (χ0n) is 26.1. The first-order valence-electron chi connectivity index (χ1n) is 15.2. The number of hydrogen-bond acceptors (Lipinski definition) is 5. The van der Waals surface area contributed by atoms with Gasteiger partial charge >= 0.3 is 0 Å². The summed E-state index contributed by atoms with van der Waals surface area (Å²) in [7, 11) is -2.57. The lowest BCUT2D eigenvalue weighted by atomic mass is 9.75. The van der Waals surface area contributed by atoms with Crippen LogP contribution in [0.2, 0.25) is 18.1 Å². The zero-order chi connectivity index (χ0) is 32.2. The van der Waals surface area contributed by atoms with E-state index >= 15 is 0 Å². The van der Waals surface area contributed by atoms with Gasteiger partial charge in [0.2, 0.25) is 5.91 Å². The average molecular weight is 625 g/mol. The Labute approximate surface area is 259 Å². The van der Waals surface area contributed by atoms with Gasteiger partial charge in [0.25, 0.3) is 5.69 Å². The number of nitro groups is 1. The number of nitrogens with zero attached hydrogens (tertiary/aromatic N) is 2. The first-order valence-corrected chi connectivity index (χ1v) is 18.2. The molecule has 3 aromatic carbocycles. The summed E-state index contributed by atoms with van der Waals surface area (Å²) in [5, 5.41) is 11.3. The second kappa shape index (κ2) is 13.6. The van der Waals surface area contributed by atoms with Crippen LogP contribution in [0.5, 0.6) is 5.75 Å². The van der Waals surface area contributed by atoms with Crippen LogP contribution in [0.25, 0.3) is 0 Å². The van der Waals surface area contributed by atoms with Gasteiger partial charge in [0, 0.05) is 17.3 Å². The molecule has 0 saturated carbocycles. The number of rotatable bonds is 14. The van der Waals surface area contributed by atoms with Gasteiger partial charge in [-0.25, -0.2) is 8.78 Å². The molecule has 0 bridgehead atoms. The number of unbranched alkanes of at least 4 members (excludes halogenated alkanes) is 1. The van der Waals surface area contributed by atoms with E-state index in [-0.39, 0.29) is 28.4 Å². The summed E-state index contributed by atoms with van der Waals surface area (Å²) in [5.41, 5.74) is 2.02. The van der Waals surface area contributed by atoms with Crippen LogP contribution in [0.1, 0.15) is 76.0 Å². The van der Waals surface area contributed by atoms with Crippen LogP contribution in [0.4, 0.5) is 20.2 Å². The highest BCUT2D eigenvalue weighted by Gasteiger charge is 2.50. The monoisotopic (exact) mass is 624 g/mol. The summed E-state index contributed by atoms with van der Waals surface area (Å²) >= 11 is 0. The first-order chi connectivity index (χ1) is 20.7.